The number of ether oxygens (including phenoxy) is 2. The minimum Gasteiger partial charge on any atom is -0.482 e. The molecule has 2 aliphatic rings. The van der Waals surface area contributed by atoms with Gasteiger partial charge < -0.3 is 25.0 Å². The van der Waals surface area contributed by atoms with Gasteiger partial charge in [-0.3, -0.25) is 9.69 Å². The molecule has 0 atom stereocenters. The molecule has 0 aliphatic carbocycles. The van der Waals surface area contributed by atoms with Crippen LogP contribution in [0.1, 0.15) is 40.5 Å². The van der Waals surface area contributed by atoms with Gasteiger partial charge in [0.05, 0.1) is 18.5 Å². The molecule has 5 rings (SSSR count). The first-order valence-electron chi connectivity index (χ1n) is 13.9. The Bertz CT molecular complexity index is 1410. The second kappa shape index (κ2) is 11.3. The van der Waals surface area contributed by atoms with E-state index in [0.29, 0.717) is 30.5 Å². The maximum absolute atomic E-state index is 14.9. The van der Waals surface area contributed by atoms with Crippen molar-refractivity contribution >= 4 is 29.0 Å². The molecule has 1 aromatic heterocycles. The van der Waals surface area contributed by atoms with E-state index >= 15 is 0 Å². The summed E-state index contributed by atoms with van der Waals surface area (Å²) in [4.78, 5) is 25.2. The van der Waals surface area contributed by atoms with Crippen LogP contribution in [0.4, 0.5) is 27.5 Å². The number of anilines is 4. The third-order valence-corrected chi connectivity index (χ3v) is 8.30. The lowest BCUT2D eigenvalue weighted by atomic mass is 9.77. The smallest absolute Gasteiger partial charge is 0.265 e. The standard InChI is InChI=1S/C31H39FN6O3/c1-30(2)16-21(17-31(3,4)37(30)5)34-28-23(32)18-33-29(36-28)35-24-10-8-7-9-22(24)20-11-12-25-26(15-20)41-19-27(39)38(25)13-14-40-6/h7-12,15,18,21H,13-14,16-17,19H2,1-6H3,(H2,33,34,35,36). The highest BCUT2D eigenvalue weighted by molar-refractivity contribution is 5.98. The zero-order valence-electron chi connectivity index (χ0n) is 24.6. The van der Waals surface area contributed by atoms with Gasteiger partial charge in [0.2, 0.25) is 5.95 Å². The van der Waals surface area contributed by atoms with E-state index in [1.807, 2.05) is 42.5 Å². The van der Waals surface area contributed by atoms with Crippen molar-refractivity contribution in [3.05, 3.63) is 54.5 Å². The van der Waals surface area contributed by atoms with Crippen LogP contribution in [0.15, 0.2) is 48.7 Å². The third kappa shape index (κ3) is 5.99. The Hall–Kier alpha value is -3.76. The summed E-state index contributed by atoms with van der Waals surface area (Å²) < 4.78 is 25.8. The van der Waals surface area contributed by atoms with Crippen LogP contribution in [0.3, 0.4) is 0 Å². The molecule has 2 aromatic carbocycles. The highest BCUT2D eigenvalue weighted by Gasteiger charge is 2.43. The molecule has 2 N–H and O–H groups in total. The van der Waals surface area contributed by atoms with E-state index in [2.05, 4.69) is 60.2 Å². The molecule has 2 aliphatic heterocycles. The average molecular weight is 563 g/mol. The fraction of sp³-hybridized carbons (Fsp3) is 0.452. The zero-order chi connectivity index (χ0) is 29.4. The van der Waals surface area contributed by atoms with Crippen LogP contribution in [0.2, 0.25) is 0 Å². The molecule has 1 saturated heterocycles. The monoisotopic (exact) mass is 562 g/mol. The summed E-state index contributed by atoms with van der Waals surface area (Å²) in [6.45, 7) is 9.71. The van der Waals surface area contributed by atoms with Gasteiger partial charge in [-0.2, -0.15) is 4.98 Å². The van der Waals surface area contributed by atoms with Crippen LogP contribution in [-0.4, -0.2) is 71.8 Å². The summed E-state index contributed by atoms with van der Waals surface area (Å²) in [7, 11) is 3.76. The lowest BCUT2D eigenvalue weighted by molar-refractivity contribution is -0.121. The molecule has 1 amide bonds. The Labute approximate surface area is 241 Å². The maximum atomic E-state index is 14.9. The SMILES string of the molecule is COCCN1C(=O)COc2cc(-c3ccccc3Nc3ncc(F)c(NC4CC(C)(C)N(C)C(C)(C)C4)n3)ccc21. The first-order valence-corrected chi connectivity index (χ1v) is 13.9. The van der Waals surface area contributed by atoms with Gasteiger partial charge in [0.15, 0.2) is 18.2 Å². The van der Waals surface area contributed by atoms with Gasteiger partial charge in [-0.15, -0.1) is 0 Å². The molecule has 218 valence electrons. The molecule has 0 unspecified atom stereocenters. The van der Waals surface area contributed by atoms with Gasteiger partial charge in [-0.25, -0.2) is 9.37 Å². The minimum atomic E-state index is -0.488. The summed E-state index contributed by atoms with van der Waals surface area (Å²) in [5, 5.41) is 6.64. The lowest BCUT2D eigenvalue weighted by Crippen LogP contribution is -2.61. The number of carbonyl (C=O) groups is 1. The van der Waals surface area contributed by atoms with Gasteiger partial charge in [-0.1, -0.05) is 24.3 Å². The van der Waals surface area contributed by atoms with Gasteiger partial charge in [0.25, 0.3) is 5.91 Å². The number of piperidine rings is 1. The molecule has 0 spiro atoms. The van der Waals surface area contributed by atoms with Crippen molar-refractivity contribution < 1.29 is 18.7 Å². The number of benzene rings is 2. The average Bonchev–Trinajstić information content (AvgIpc) is 2.93. The van der Waals surface area contributed by atoms with E-state index in [9.17, 15) is 9.18 Å². The number of carbonyl (C=O) groups excluding carboxylic acids is 1. The molecular formula is C31H39FN6O3. The van der Waals surface area contributed by atoms with Gasteiger partial charge in [-0.05, 0) is 71.3 Å². The quantitative estimate of drug-likeness (QED) is 0.374. The molecule has 0 saturated carbocycles. The number of rotatable bonds is 8. The van der Waals surface area contributed by atoms with Gasteiger partial charge >= 0.3 is 0 Å². The Morgan fingerprint density at radius 2 is 1.85 bits per heavy atom. The van der Waals surface area contributed by atoms with Crippen LogP contribution in [0.25, 0.3) is 11.1 Å². The number of methoxy groups -OCH3 is 1. The van der Waals surface area contributed by atoms with Crippen molar-refractivity contribution in [1.82, 2.24) is 14.9 Å². The van der Waals surface area contributed by atoms with Crippen LogP contribution >= 0.6 is 0 Å². The van der Waals surface area contributed by atoms with Crippen LogP contribution in [-0.2, 0) is 9.53 Å². The largest absolute Gasteiger partial charge is 0.482 e. The summed E-state index contributed by atoms with van der Waals surface area (Å²) in [5.41, 5.74) is 3.16. The molecule has 10 heteroatoms. The number of nitrogens with zero attached hydrogens (tertiary/aromatic N) is 4. The normalized spacial score (nSPS) is 18.5. The van der Waals surface area contributed by atoms with Crippen molar-refractivity contribution in [1.29, 1.82) is 0 Å². The summed E-state index contributed by atoms with van der Waals surface area (Å²) in [6.07, 6.45) is 2.91. The van der Waals surface area contributed by atoms with Crippen molar-refractivity contribution in [2.45, 2.75) is 57.7 Å². The van der Waals surface area contributed by atoms with Crippen molar-refractivity contribution in [3.8, 4) is 16.9 Å². The number of hydrogen-bond acceptors (Lipinski definition) is 8. The zero-order valence-corrected chi connectivity index (χ0v) is 24.6. The number of hydrogen-bond donors (Lipinski definition) is 2. The molecule has 3 heterocycles. The minimum absolute atomic E-state index is 0.0229. The van der Waals surface area contributed by atoms with Gasteiger partial charge in [0.1, 0.15) is 5.75 Å². The van der Waals surface area contributed by atoms with Crippen molar-refractivity contribution in [2.75, 3.05) is 49.4 Å². The fourth-order valence-electron chi connectivity index (χ4n) is 5.96. The number of para-hydroxylation sites is 1. The lowest BCUT2D eigenvalue weighted by Gasteiger charge is -2.53. The highest BCUT2D eigenvalue weighted by Crippen LogP contribution is 2.40. The predicted octanol–water partition coefficient (Wildman–Crippen LogP) is 5.46. The van der Waals surface area contributed by atoms with E-state index in [-0.39, 0.29) is 35.5 Å². The molecule has 3 aromatic rings. The maximum Gasteiger partial charge on any atom is 0.265 e. The van der Waals surface area contributed by atoms with Crippen LogP contribution in [0.5, 0.6) is 5.75 Å². The first-order chi connectivity index (χ1) is 19.5. The number of fused-ring (bicyclic) bond motifs is 1. The Morgan fingerprint density at radius 3 is 2.59 bits per heavy atom. The molecule has 9 nitrogen and oxygen atoms in total. The van der Waals surface area contributed by atoms with Crippen molar-refractivity contribution in [3.63, 3.8) is 0 Å². The summed E-state index contributed by atoms with van der Waals surface area (Å²) in [5.74, 6) is 0.511. The highest BCUT2D eigenvalue weighted by atomic mass is 19.1. The van der Waals surface area contributed by atoms with E-state index in [1.54, 1.807) is 12.0 Å². The molecule has 0 radical (unpaired) electrons. The van der Waals surface area contributed by atoms with E-state index < -0.39 is 5.82 Å². The van der Waals surface area contributed by atoms with E-state index in [1.165, 1.54) is 6.20 Å². The predicted molar refractivity (Wildman–Crippen MR) is 159 cm³/mol. The second-order valence-corrected chi connectivity index (χ2v) is 12.0. The van der Waals surface area contributed by atoms with E-state index in [0.717, 1.165) is 29.7 Å². The number of likely N-dealkylation sites (tertiary alicyclic amines) is 1. The molecule has 0 bridgehead atoms. The third-order valence-electron chi connectivity index (χ3n) is 8.30. The Morgan fingerprint density at radius 1 is 1.12 bits per heavy atom. The van der Waals surface area contributed by atoms with Crippen LogP contribution < -0.4 is 20.3 Å². The molecular weight excluding hydrogens is 523 g/mol. The topological polar surface area (TPSA) is 91.8 Å². The van der Waals surface area contributed by atoms with E-state index in [4.69, 9.17) is 9.47 Å². The second-order valence-electron chi connectivity index (χ2n) is 12.0. The molecule has 1 fully saturated rings. The first kappa shape index (κ1) is 28.8. The Kier molecular flexibility index (Phi) is 7.89. The van der Waals surface area contributed by atoms with Gasteiger partial charge in [0, 0.05) is 42.0 Å². The van der Waals surface area contributed by atoms with Crippen LogP contribution in [0, 0.1) is 5.82 Å². The Balaban J connectivity index is 1.38. The number of aromatic nitrogens is 2. The summed E-state index contributed by atoms with van der Waals surface area (Å²) >= 11 is 0. The van der Waals surface area contributed by atoms with Crippen molar-refractivity contribution in [2.24, 2.45) is 0 Å². The molecule has 41 heavy (non-hydrogen) atoms. The summed E-state index contributed by atoms with van der Waals surface area (Å²) in [6, 6.07) is 13.6. The number of halogens is 1. The number of amides is 1. The number of nitrogens with one attached hydrogen (secondary N) is 2. The fourth-order valence-corrected chi connectivity index (χ4v) is 5.96.